The van der Waals surface area contributed by atoms with Gasteiger partial charge in [0.05, 0.1) is 5.02 Å². The largest absolute Gasteiger partial charge is 0.486 e. The molecule has 0 atom stereocenters. The van der Waals surface area contributed by atoms with E-state index in [-0.39, 0.29) is 0 Å². The van der Waals surface area contributed by atoms with Crippen LogP contribution in [0.1, 0.15) is 19.2 Å². The van der Waals surface area contributed by atoms with E-state index in [4.69, 9.17) is 32.7 Å². The van der Waals surface area contributed by atoms with E-state index in [0.717, 1.165) is 24.2 Å². The quantitative estimate of drug-likeness (QED) is 0.849. The zero-order chi connectivity index (χ0) is 15.0. The maximum atomic E-state index is 6.25. The molecular formula is C14H17ClN4O2. The number of rotatable bonds is 3. The Kier molecular flexibility index (Phi) is 3.55. The Labute approximate surface area is 127 Å². The third kappa shape index (κ3) is 2.35. The lowest BCUT2D eigenvalue weighted by atomic mass is 10.1. The Bertz CT molecular complexity index is 684. The molecule has 6 nitrogen and oxygen atoms in total. The molecule has 0 aliphatic carbocycles. The monoisotopic (exact) mass is 308 g/mol. The second kappa shape index (κ2) is 5.37. The molecule has 1 aromatic carbocycles. The summed E-state index contributed by atoms with van der Waals surface area (Å²) < 4.78 is 12.5. The normalized spacial score (nSPS) is 13.4. The number of ether oxygens (including phenoxy) is 2. The van der Waals surface area contributed by atoms with Gasteiger partial charge in [0.2, 0.25) is 0 Å². The summed E-state index contributed by atoms with van der Waals surface area (Å²) in [6.07, 6.45) is 1.70. The molecular weight excluding hydrogens is 292 g/mol. The summed E-state index contributed by atoms with van der Waals surface area (Å²) in [5, 5.41) is 0.477. The fourth-order valence-electron chi connectivity index (χ4n) is 2.35. The van der Waals surface area contributed by atoms with Crippen LogP contribution in [-0.2, 0) is 6.42 Å². The van der Waals surface area contributed by atoms with Crippen molar-refractivity contribution in [2.45, 2.75) is 19.8 Å². The van der Waals surface area contributed by atoms with Gasteiger partial charge in [0.15, 0.2) is 17.3 Å². The number of benzene rings is 1. The molecule has 1 aliphatic heterocycles. The molecule has 4 N–H and O–H groups in total. The second-order valence-corrected chi connectivity index (χ2v) is 5.27. The van der Waals surface area contributed by atoms with Crippen LogP contribution in [0.3, 0.4) is 0 Å². The lowest BCUT2D eigenvalue weighted by molar-refractivity contribution is 0.172. The molecule has 7 heteroatoms. The van der Waals surface area contributed by atoms with E-state index in [1.54, 1.807) is 6.07 Å². The smallest absolute Gasteiger partial charge is 0.179 e. The maximum absolute atomic E-state index is 6.25. The van der Waals surface area contributed by atoms with E-state index in [1.165, 1.54) is 4.68 Å². The minimum Gasteiger partial charge on any atom is -0.486 e. The van der Waals surface area contributed by atoms with Crippen molar-refractivity contribution < 1.29 is 9.47 Å². The fraction of sp³-hybridized carbons (Fsp3) is 0.357. The van der Waals surface area contributed by atoms with Gasteiger partial charge < -0.3 is 21.1 Å². The van der Waals surface area contributed by atoms with Crippen LogP contribution >= 0.6 is 11.6 Å². The summed E-state index contributed by atoms with van der Waals surface area (Å²) in [6, 6.07) is 3.60. The summed E-state index contributed by atoms with van der Waals surface area (Å²) in [5.74, 6) is 8.26. The van der Waals surface area contributed by atoms with E-state index in [2.05, 4.69) is 11.9 Å². The summed E-state index contributed by atoms with van der Waals surface area (Å²) in [6.45, 7) is 3.05. The molecule has 0 unspecified atom stereocenters. The van der Waals surface area contributed by atoms with Gasteiger partial charge in [-0.2, -0.15) is 0 Å². The van der Waals surface area contributed by atoms with Gasteiger partial charge in [0.25, 0.3) is 0 Å². The minimum absolute atomic E-state index is 0.409. The standard InChI is InChI=1S/C14H17ClN4O2/c1-2-3-11-18-12(14(16)19(11)17)8-6-9(15)13-10(7-8)20-4-5-21-13/h6-7H,2-5,16-17H2,1H3. The highest BCUT2D eigenvalue weighted by molar-refractivity contribution is 6.32. The van der Waals surface area contributed by atoms with Crippen LogP contribution in [0.4, 0.5) is 5.82 Å². The molecule has 2 aromatic rings. The second-order valence-electron chi connectivity index (χ2n) is 4.86. The van der Waals surface area contributed by atoms with E-state index in [1.807, 2.05) is 6.07 Å². The van der Waals surface area contributed by atoms with Crippen molar-refractivity contribution >= 4 is 17.4 Å². The van der Waals surface area contributed by atoms with Crippen LogP contribution in [0.25, 0.3) is 11.3 Å². The number of aryl methyl sites for hydroxylation is 1. The van der Waals surface area contributed by atoms with Crippen molar-refractivity contribution in [1.29, 1.82) is 0 Å². The Hall–Kier alpha value is -2.08. The third-order valence-electron chi connectivity index (χ3n) is 3.36. The van der Waals surface area contributed by atoms with Crippen LogP contribution in [0.5, 0.6) is 11.5 Å². The van der Waals surface area contributed by atoms with Crippen molar-refractivity contribution in [3.63, 3.8) is 0 Å². The third-order valence-corrected chi connectivity index (χ3v) is 3.65. The Morgan fingerprint density at radius 2 is 2.10 bits per heavy atom. The summed E-state index contributed by atoms with van der Waals surface area (Å²) in [7, 11) is 0. The Morgan fingerprint density at radius 1 is 1.33 bits per heavy atom. The highest BCUT2D eigenvalue weighted by atomic mass is 35.5. The molecule has 0 saturated heterocycles. The number of halogens is 1. The molecule has 0 fully saturated rings. The molecule has 0 radical (unpaired) electrons. The maximum Gasteiger partial charge on any atom is 0.179 e. The highest BCUT2D eigenvalue weighted by Gasteiger charge is 2.20. The summed E-state index contributed by atoms with van der Waals surface area (Å²) >= 11 is 6.25. The van der Waals surface area contributed by atoms with Gasteiger partial charge in [0, 0.05) is 12.0 Å². The Balaban J connectivity index is 2.08. The van der Waals surface area contributed by atoms with Gasteiger partial charge in [-0.05, 0) is 18.6 Å². The van der Waals surface area contributed by atoms with E-state index in [0.29, 0.717) is 41.2 Å². The van der Waals surface area contributed by atoms with Gasteiger partial charge in [-0.3, -0.25) is 0 Å². The molecule has 1 aliphatic rings. The number of hydrogen-bond donors (Lipinski definition) is 2. The number of aromatic nitrogens is 2. The van der Waals surface area contributed by atoms with E-state index >= 15 is 0 Å². The summed E-state index contributed by atoms with van der Waals surface area (Å²) in [4.78, 5) is 4.52. The molecule has 3 rings (SSSR count). The number of fused-ring (bicyclic) bond motifs is 1. The first-order valence-corrected chi connectivity index (χ1v) is 7.21. The molecule has 0 spiro atoms. The number of anilines is 1. The number of imidazole rings is 1. The van der Waals surface area contributed by atoms with E-state index < -0.39 is 0 Å². The Morgan fingerprint density at radius 3 is 2.86 bits per heavy atom. The number of hydrogen-bond acceptors (Lipinski definition) is 5. The van der Waals surface area contributed by atoms with Crippen molar-refractivity contribution in [2.75, 3.05) is 24.8 Å². The first-order chi connectivity index (χ1) is 10.1. The van der Waals surface area contributed by atoms with Gasteiger partial charge in [-0.25, -0.2) is 9.66 Å². The number of nitrogens with two attached hydrogens (primary N) is 2. The molecule has 0 saturated carbocycles. The van der Waals surface area contributed by atoms with Gasteiger partial charge >= 0.3 is 0 Å². The number of nitrogens with zero attached hydrogens (tertiary/aromatic N) is 2. The van der Waals surface area contributed by atoms with Crippen molar-refractivity contribution in [1.82, 2.24) is 9.66 Å². The van der Waals surface area contributed by atoms with Crippen LogP contribution in [0.2, 0.25) is 5.02 Å². The highest BCUT2D eigenvalue weighted by Crippen LogP contribution is 2.41. The lowest BCUT2D eigenvalue weighted by Crippen LogP contribution is -2.16. The zero-order valence-electron chi connectivity index (χ0n) is 11.7. The minimum atomic E-state index is 0.409. The van der Waals surface area contributed by atoms with Crippen LogP contribution in [0.15, 0.2) is 12.1 Å². The molecule has 2 heterocycles. The molecule has 0 amide bonds. The van der Waals surface area contributed by atoms with Gasteiger partial charge in [-0.15, -0.1) is 0 Å². The summed E-state index contributed by atoms with van der Waals surface area (Å²) in [5.41, 5.74) is 7.43. The average Bonchev–Trinajstić information content (AvgIpc) is 2.76. The van der Waals surface area contributed by atoms with Crippen LogP contribution in [0, 0.1) is 0 Å². The predicted octanol–water partition coefficient (Wildman–Crippen LogP) is 2.22. The van der Waals surface area contributed by atoms with Gasteiger partial charge in [-0.1, -0.05) is 18.5 Å². The van der Waals surface area contributed by atoms with Crippen LogP contribution < -0.4 is 21.1 Å². The fourth-order valence-corrected chi connectivity index (χ4v) is 2.62. The van der Waals surface area contributed by atoms with Crippen molar-refractivity contribution in [3.05, 3.63) is 23.0 Å². The SMILES string of the molecule is CCCc1nc(-c2cc(Cl)c3c(c2)OCCO3)c(N)n1N. The van der Waals surface area contributed by atoms with Crippen molar-refractivity contribution in [3.8, 4) is 22.8 Å². The average molecular weight is 309 g/mol. The predicted molar refractivity (Wildman–Crippen MR) is 82.2 cm³/mol. The molecule has 112 valence electrons. The first kappa shape index (κ1) is 13.9. The molecule has 0 bridgehead atoms. The molecule has 1 aromatic heterocycles. The lowest BCUT2D eigenvalue weighted by Gasteiger charge is -2.20. The molecule has 21 heavy (non-hydrogen) atoms. The van der Waals surface area contributed by atoms with Crippen LogP contribution in [-0.4, -0.2) is 22.9 Å². The topological polar surface area (TPSA) is 88.3 Å². The van der Waals surface area contributed by atoms with Gasteiger partial charge in [0.1, 0.15) is 24.7 Å². The van der Waals surface area contributed by atoms with Crippen molar-refractivity contribution in [2.24, 2.45) is 0 Å². The van der Waals surface area contributed by atoms with E-state index in [9.17, 15) is 0 Å². The first-order valence-electron chi connectivity index (χ1n) is 6.83. The zero-order valence-corrected chi connectivity index (χ0v) is 12.5. The number of nitrogen functional groups attached to an aromatic ring is 2.